The third-order valence-electron chi connectivity index (χ3n) is 3.68. The summed E-state index contributed by atoms with van der Waals surface area (Å²) in [5, 5.41) is 0.452. The van der Waals surface area contributed by atoms with Crippen LogP contribution in [0.1, 0.15) is 38.3 Å². The van der Waals surface area contributed by atoms with Crippen molar-refractivity contribution in [2.24, 2.45) is 5.41 Å². The standard InChI is InChI=1S/C19H26ClNO4S/c1-12-7-8-14(20)13(2)18(12)21(10-16(23)25-6)15(22)11-26-17(24)9-19(3,4)5/h7-8H,9-11H2,1-6H3. The van der Waals surface area contributed by atoms with Crippen molar-refractivity contribution in [1.29, 1.82) is 0 Å². The number of hydrogen-bond acceptors (Lipinski definition) is 5. The van der Waals surface area contributed by atoms with E-state index in [1.807, 2.05) is 27.7 Å². The summed E-state index contributed by atoms with van der Waals surface area (Å²) in [6, 6.07) is 3.54. The van der Waals surface area contributed by atoms with Gasteiger partial charge in [0.25, 0.3) is 0 Å². The van der Waals surface area contributed by atoms with E-state index in [1.54, 1.807) is 19.1 Å². The van der Waals surface area contributed by atoms with Gasteiger partial charge in [0.05, 0.1) is 18.6 Å². The zero-order valence-electron chi connectivity index (χ0n) is 16.1. The molecule has 0 saturated carbocycles. The highest BCUT2D eigenvalue weighted by Crippen LogP contribution is 2.31. The van der Waals surface area contributed by atoms with Gasteiger partial charge in [-0.15, -0.1) is 0 Å². The third-order valence-corrected chi connectivity index (χ3v) is 4.95. The van der Waals surface area contributed by atoms with Gasteiger partial charge in [-0.1, -0.05) is 50.2 Å². The second-order valence-electron chi connectivity index (χ2n) is 7.29. The summed E-state index contributed by atoms with van der Waals surface area (Å²) in [4.78, 5) is 38.0. The van der Waals surface area contributed by atoms with Gasteiger partial charge in [0, 0.05) is 11.4 Å². The number of thioether (sulfide) groups is 1. The first kappa shape index (κ1) is 22.5. The van der Waals surface area contributed by atoms with Crippen LogP contribution in [0.15, 0.2) is 12.1 Å². The molecule has 0 unspecified atom stereocenters. The minimum Gasteiger partial charge on any atom is -0.468 e. The number of benzene rings is 1. The van der Waals surface area contributed by atoms with E-state index in [2.05, 4.69) is 0 Å². The molecule has 0 aliphatic rings. The molecule has 0 saturated heterocycles. The van der Waals surface area contributed by atoms with Crippen LogP contribution in [-0.4, -0.2) is 36.4 Å². The predicted octanol–water partition coefficient (Wildman–Crippen LogP) is 4.16. The average Bonchev–Trinajstić information content (AvgIpc) is 2.53. The summed E-state index contributed by atoms with van der Waals surface area (Å²) in [5.74, 6) is -0.920. The van der Waals surface area contributed by atoms with Crippen molar-refractivity contribution in [3.8, 4) is 0 Å². The molecule has 1 aromatic carbocycles. The summed E-state index contributed by atoms with van der Waals surface area (Å²) in [6.45, 7) is 9.31. The Morgan fingerprint density at radius 3 is 2.35 bits per heavy atom. The van der Waals surface area contributed by atoms with Gasteiger partial charge in [-0.05, 0) is 36.5 Å². The Kier molecular flexibility index (Phi) is 8.15. The first-order valence-corrected chi connectivity index (χ1v) is 9.61. The van der Waals surface area contributed by atoms with Crippen LogP contribution in [-0.2, 0) is 19.1 Å². The van der Waals surface area contributed by atoms with Gasteiger partial charge in [-0.25, -0.2) is 0 Å². The highest BCUT2D eigenvalue weighted by Gasteiger charge is 2.25. The van der Waals surface area contributed by atoms with Gasteiger partial charge >= 0.3 is 5.97 Å². The SMILES string of the molecule is COC(=O)CN(C(=O)CSC(=O)CC(C)(C)C)c1c(C)ccc(Cl)c1C. The molecule has 144 valence electrons. The largest absolute Gasteiger partial charge is 0.468 e. The number of amides is 1. The molecular weight excluding hydrogens is 374 g/mol. The molecule has 0 heterocycles. The van der Waals surface area contributed by atoms with E-state index in [0.717, 1.165) is 17.3 Å². The van der Waals surface area contributed by atoms with E-state index in [0.29, 0.717) is 22.7 Å². The molecule has 7 heteroatoms. The van der Waals surface area contributed by atoms with Crippen molar-refractivity contribution >= 4 is 46.0 Å². The lowest BCUT2D eigenvalue weighted by atomic mass is 9.93. The van der Waals surface area contributed by atoms with Gasteiger partial charge in [0.15, 0.2) is 5.12 Å². The van der Waals surface area contributed by atoms with Crippen molar-refractivity contribution in [1.82, 2.24) is 0 Å². The second kappa shape index (κ2) is 9.42. The molecule has 0 spiro atoms. The summed E-state index contributed by atoms with van der Waals surface area (Å²) in [5.41, 5.74) is 1.96. The van der Waals surface area contributed by atoms with Crippen LogP contribution >= 0.6 is 23.4 Å². The molecule has 0 aliphatic heterocycles. The lowest BCUT2D eigenvalue weighted by Gasteiger charge is -2.26. The lowest BCUT2D eigenvalue weighted by Crippen LogP contribution is -2.38. The van der Waals surface area contributed by atoms with Crippen molar-refractivity contribution in [3.63, 3.8) is 0 Å². The summed E-state index contributed by atoms with van der Waals surface area (Å²) < 4.78 is 4.71. The molecule has 26 heavy (non-hydrogen) atoms. The Labute approximate surface area is 164 Å². The first-order chi connectivity index (χ1) is 12.0. The number of rotatable bonds is 6. The number of ether oxygens (including phenoxy) is 1. The topological polar surface area (TPSA) is 63.7 Å². The Hall–Kier alpha value is -1.53. The van der Waals surface area contributed by atoms with Crippen LogP contribution in [0.4, 0.5) is 5.69 Å². The number of esters is 1. The van der Waals surface area contributed by atoms with Crippen molar-refractivity contribution in [2.45, 2.75) is 41.0 Å². The molecule has 0 bridgehead atoms. The fraction of sp³-hybridized carbons (Fsp3) is 0.526. The van der Waals surface area contributed by atoms with Crippen LogP contribution in [0.2, 0.25) is 5.02 Å². The molecule has 1 amide bonds. The molecule has 1 rings (SSSR count). The maximum atomic E-state index is 12.8. The van der Waals surface area contributed by atoms with Crippen molar-refractivity contribution < 1.29 is 19.1 Å². The highest BCUT2D eigenvalue weighted by molar-refractivity contribution is 8.14. The van der Waals surface area contributed by atoms with E-state index in [1.165, 1.54) is 12.0 Å². The summed E-state index contributed by atoms with van der Waals surface area (Å²) >= 11 is 7.16. The molecule has 0 radical (unpaired) electrons. The highest BCUT2D eigenvalue weighted by atomic mass is 35.5. The van der Waals surface area contributed by atoms with E-state index < -0.39 is 5.97 Å². The fourth-order valence-electron chi connectivity index (χ4n) is 2.42. The number of methoxy groups -OCH3 is 1. The maximum absolute atomic E-state index is 12.8. The average molecular weight is 400 g/mol. The Balaban J connectivity index is 3.04. The number of aryl methyl sites for hydroxylation is 1. The molecule has 0 N–H and O–H groups in total. The van der Waals surface area contributed by atoms with E-state index in [9.17, 15) is 14.4 Å². The lowest BCUT2D eigenvalue weighted by molar-refractivity contribution is -0.139. The quantitative estimate of drug-likeness (QED) is 0.672. The van der Waals surface area contributed by atoms with Crippen molar-refractivity contribution in [2.75, 3.05) is 24.3 Å². The van der Waals surface area contributed by atoms with E-state index in [-0.39, 0.29) is 28.7 Å². The monoisotopic (exact) mass is 399 g/mol. The molecule has 0 aliphatic carbocycles. The van der Waals surface area contributed by atoms with Gasteiger partial charge in [0.1, 0.15) is 6.54 Å². The zero-order valence-corrected chi connectivity index (χ0v) is 17.7. The number of hydrogen-bond donors (Lipinski definition) is 0. The van der Waals surface area contributed by atoms with Crippen LogP contribution < -0.4 is 4.90 Å². The molecule has 5 nitrogen and oxygen atoms in total. The minimum absolute atomic E-state index is 0.0443. The molecule has 1 aromatic rings. The van der Waals surface area contributed by atoms with E-state index >= 15 is 0 Å². The van der Waals surface area contributed by atoms with Gasteiger partial charge in [-0.2, -0.15) is 0 Å². The smallest absolute Gasteiger partial charge is 0.325 e. The Bertz CT molecular complexity index is 698. The molecule has 0 atom stereocenters. The molecule has 0 fully saturated rings. The third kappa shape index (κ3) is 6.65. The van der Waals surface area contributed by atoms with Crippen molar-refractivity contribution in [3.05, 3.63) is 28.3 Å². The molecule has 0 aromatic heterocycles. The fourth-order valence-corrected chi connectivity index (χ4v) is 3.54. The molecular formula is C19H26ClNO4S. The summed E-state index contributed by atoms with van der Waals surface area (Å²) in [6.07, 6.45) is 0.372. The zero-order chi connectivity index (χ0) is 20.1. The number of nitrogens with zero attached hydrogens (tertiary/aromatic N) is 1. The van der Waals surface area contributed by atoms with Crippen LogP contribution in [0.5, 0.6) is 0 Å². The maximum Gasteiger partial charge on any atom is 0.325 e. The van der Waals surface area contributed by atoms with E-state index in [4.69, 9.17) is 16.3 Å². The number of anilines is 1. The normalized spacial score (nSPS) is 11.2. The second-order valence-corrected chi connectivity index (χ2v) is 8.73. The van der Waals surface area contributed by atoms with Gasteiger partial charge < -0.3 is 4.74 Å². The van der Waals surface area contributed by atoms with Crippen LogP contribution in [0.25, 0.3) is 0 Å². The Morgan fingerprint density at radius 1 is 1.19 bits per heavy atom. The number of carbonyl (C=O) groups excluding carboxylic acids is 3. The number of halogens is 1. The predicted molar refractivity (Wildman–Crippen MR) is 107 cm³/mol. The first-order valence-electron chi connectivity index (χ1n) is 8.24. The number of carbonyl (C=O) groups is 3. The van der Waals surface area contributed by atoms with Crippen LogP contribution in [0, 0.1) is 19.3 Å². The Morgan fingerprint density at radius 2 is 1.81 bits per heavy atom. The van der Waals surface area contributed by atoms with Gasteiger partial charge in [-0.3, -0.25) is 19.3 Å². The van der Waals surface area contributed by atoms with Crippen LogP contribution in [0.3, 0.4) is 0 Å². The summed E-state index contributed by atoms with van der Waals surface area (Å²) in [7, 11) is 1.27. The van der Waals surface area contributed by atoms with Gasteiger partial charge in [0.2, 0.25) is 5.91 Å². The minimum atomic E-state index is -0.539.